The van der Waals surface area contributed by atoms with Crippen molar-refractivity contribution >= 4 is 41.2 Å². The first-order valence-corrected chi connectivity index (χ1v) is 9.07. The van der Waals surface area contributed by atoms with Crippen LogP contribution in [0.3, 0.4) is 0 Å². The molecule has 0 aliphatic heterocycles. The van der Waals surface area contributed by atoms with Gasteiger partial charge in [-0.1, -0.05) is 36.2 Å². The van der Waals surface area contributed by atoms with Gasteiger partial charge in [-0.15, -0.1) is 0 Å². The predicted octanol–water partition coefficient (Wildman–Crippen LogP) is 4.07. The minimum atomic E-state index is -1.35. The van der Waals surface area contributed by atoms with E-state index in [0.29, 0.717) is 28.5 Å². The van der Waals surface area contributed by atoms with Crippen LogP contribution in [0.2, 0.25) is 10.0 Å². The maximum absolute atomic E-state index is 11.5. The van der Waals surface area contributed by atoms with Gasteiger partial charge in [0.15, 0.2) is 0 Å². The predicted molar refractivity (Wildman–Crippen MR) is 96.0 cm³/mol. The van der Waals surface area contributed by atoms with Crippen molar-refractivity contribution in [2.24, 2.45) is 0 Å². The lowest BCUT2D eigenvalue weighted by Gasteiger charge is -2.29. The van der Waals surface area contributed by atoms with Gasteiger partial charge in [0, 0.05) is 34.4 Å². The fourth-order valence-electron chi connectivity index (χ4n) is 2.20. The van der Waals surface area contributed by atoms with E-state index in [-0.39, 0.29) is 18.3 Å². The molecule has 0 fully saturated rings. The Balaban J connectivity index is 2.19. The van der Waals surface area contributed by atoms with Crippen LogP contribution in [-0.4, -0.2) is 26.4 Å². The van der Waals surface area contributed by atoms with Gasteiger partial charge in [-0.05, 0) is 18.6 Å². The van der Waals surface area contributed by atoms with Gasteiger partial charge in [-0.25, -0.2) is 4.98 Å². The van der Waals surface area contributed by atoms with E-state index in [2.05, 4.69) is 4.98 Å². The van der Waals surface area contributed by atoms with Gasteiger partial charge < -0.3 is 13.9 Å². The minimum absolute atomic E-state index is 0.127. The summed E-state index contributed by atoms with van der Waals surface area (Å²) >= 11 is 13.1. The second kappa shape index (κ2) is 8.76. The summed E-state index contributed by atoms with van der Waals surface area (Å²) in [4.78, 5) is 15.5. The summed E-state index contributed by atoms with van der Waals surface area (Å²) in [6.45, 7) is 2.11. The number of aromatic nitrogens is 2. The van der Waals surface area contributed by atoms with Gasteiger partial charge in [-0.3, -0.25) is 4.79 Å². The van der Waals surface area contributed by atoms with Crippen molar-refractivity contribution in [3.8, 4) is 0 Å². The van der Waals surface area contributed by atoms with E-state index in [4.69, 9.17) is 27.4 Å². The van der Waals surface area contributed by atoms with Gasteiger partial charge in [-0.2, -0.15) is 0 Å². The highest BCUT2D eigenvalue weighted by Crippen LogP contribution is 2.34. The number of imidazole rings is 1. The summed E-state index contributed by atoms with van der Waals surface area (Å²) < 4.78 is 6.84. The SMILES string of the molecule is CCCC(=O)OSCC(O)(Cn1ccnc1)c1ccc(Cl)cc1Cl. The van der Waals surface area contributed by atoms with E-state index in [1.807, 2.05) is 6.92 Å². The molecule has 5 nitrogen and oxygen atoms in total. The van der Waals surface area contributed by atoms with Gasteiger partial charge in [0.05, 0.1) is 30.7 Å². The lowest BCUT2D eigenvalue weighted by atomic mass is 9.95. The number of halogens is 2. The Morgan fingerprint density at radius 1 is 1.46 bits per heavy atom. The largest absolute Gasteiger partial charge is 0.391 e. The van der Waals surface area contributed by atoms with E-state index in [9.17, 15) is 9.90 Å². The molecule has 2 rings (SSSR count). The van der Waals surface area contributed by atoms with E-state index in [1.165, 1.54) is 0 Å². The van der Waals surface area contributed by atoms with Crippen molar-refractivity contribution < 1.29 is 14.1 Å². The van der Waals surface area contributed by atoms with Gasteiger partial charge >= 0.3 is 5.97 Å². The average molecular weight is 389 g/mol. The van der Waals surface area contributed by atoms with Gasteiger partial charge in [0.2, 0.25) is 0 Å². The Kier molecular flexibility index (Phi) is 6.98. The minimum Gasteiger partial charge on any atom is -0.391 e. The molecule has 1 atom stereocenters. The van der Waals surface area contributed by atoms with Crippen LogP contribution in [0.5, 0.6) is 0 Å². The first kappa shape index (κ1) is 19.1. The Bertz CT molecular complexity index is 682. The summed E-state index contributed by atoms with van der Waals surface area (Å²) in [7, 11) is 0. The molecule has 1 unspecified atom stereocenters. The standard InChI is InChI=1S/C16H18Cl2N2O3S/c1-2-3-15(21)23-24-10-16(22,9-20-7-6-19-11-20)13-5-4-12(17)8-14(13)18/h4-8,11,22H,2-3,9-10H2,1H3. The molecular formula is C16H18Cl2N2O3S. The number of aliphatic hydroxyl groups is 1. The molecule has 0 amide bonds. The van der Waals surface area contributed by atoms with Crippen LogP contribution in [0.1, 0.15) is 25.3 Å². The van der Waals surface area contributed by atoms with Crippen molar-refractivity contribution in [3.63, 3.8) is 0 Å². The van der Waals surface area contributed by atoms with Crippen molar-refractivity contribution in [1.82, 2.24) is 9.55 Å². The molecule has 2 aromatic rings. The van der Waals surface area contributed by atoms with Crippen LogP contribution >= 0.6 is 35.2 Å². The topological polar surface area (TPSA) is 64.3 Å². The molecule has 8 heteroatoms. The summed E-state index contributed by atoms with van der Waals surface area (Å²) in [6.07, 6.45) is 6.01. The maximum Gasteiger partial charge on any atom is 0.317 e. The molecule has 1 aromatic carbocycles. The van der Waals surface area contributed by atoms with E-state index >= 15 is 0 Å². The molecule has 0 aliphatic carbocycles. The molecule has 0 saturated heterocycles. The number of hydrogen-bond acceptors (Lipinski definition) is 5. The molecule has 24 heavy (non-hydrogen) atoms. The first-order valence-electron chi connectivity index (χ1n) is 7.40. The number of hydrogen-bond donors (Lipinski definition) is 1. The summed E-state index contributed by atoms with van der Waals surface area (Å²) in [5.74, 6) is -0.184. The third-order valence-electron chi connectivity index (χ3n) is 3.34. The summed E-state index contributed by atoms with van der Waals surface area (Å²) in [5.41, 5.74) is -0.833. The number of carbonyl (C=O) groups is 1. The Labute approximate surface area is 155 Å². The molecule has 0 bridgehead atoms. The van der Waals surface area contributed by atoms with Crippen LogP contribution in [0, 0.1) is 0 Å². The van der Waals surface area contributed by atoms with Crippen molar-refractivity contribution in [2.45, 2.75) is 31.9 Å². The second-order valence-corrected chi connectivity index (χ2v) is 6.89. The molecule has 1 aromatic heterocycles. The van der Waals surface area contributed by atoms with E-state index < -0.39 is 5.60 Å². The van der Waals surface area contributed by atoms with Crippen LogP contribution in [-0.2, 0) is 21.1 Å². The highest BCUT2D eigenvalue weighted by atomic mass is 35.5. The number of rotatable bonds is 8. The zero-order chi connectivity index (χ0) is 17.6. The van der Waals surface area contributed by atoms with Crippen molar-refractivity contribution in [1.29, 1.82) is 0 Å². The van der Waals surface area contributed by atoms with Gasteiger partial charge in [0.1, 0.15) is 5.60 Å². The molecule has 1 heterocycles. The molecule has 0 aliphatic rings. The normalized spacial score (nSPS) is 13.5. The van der Waals surface area contributed by atoms with Gasteiger partial charge in [0.25, 0.3) is 0 Å². The third kappa shape index (κ3) is 5.14. The average Bonchev–Trinajstić information content (AvgIpc) is 2.99. The monoisotopic (exact) mass is 388 g/mol. The fourth-order valence-corrected chi connectivity index (χ4v) is 3.50. The van der Waals surface area contributed by atoms with Crippen LogP contribution < -0.4 is 0 Å². The Hall–Kier alpha value is -1.21. The highest BCUT2D eigenvalue weighted by molar-refractivity contribution is 7.95. The molecule has 0 saturated carbocycles. The smallest absolute Gasteiger partial charge is 0.317 e. The van der Waals surface area contributed by atoms with Crippen LogP contribution in [0.4, 0.5) is 0 Å². The maximum atomic E-state index is 11.5. The van der Waals surface area contributed by atoms with E-state index in [1.54, 1.807) is 41.5 Å². The number of carbonyl (C=O) groups excluding carboxylic acids is 1. The first-order chi connectivity index (χ1) is 11.4. The molecule has 130 valence electrons. The fraction of sp³-hybridized carbons (Fsp3) is 0.375. The lowest BCUT2D eigenvalue weighted by molar-refractivity contribution is -0.133. The third-order valence-corrected chi connectivity index (χ3v) is 4.79. The summed E-state index contributed by atoms with van der Waals surface area (Å²) in [5, 5.41) is 12.0. The van der Waals surface area contributed by atoms with Crippen LogP contribution in [0.15, 0.2) is 36.9 Å². The van der Waals surface area contributed by atoms with Crippen LogP contribution in [0.25, 0.3) is 0 Å². The zero-order valence-corrected chi connectivity index (χ0v) is 15.4. The Morgan fingerprint density at radius 2 is 2.25 bits per heavy atom. The molecule has 0 spiro atoms. The Morgan fingerprint density at radius 3 is 2.88 bits per heavy atom. The highest BCUT2D eigenvalue weighted by Gasteiger charge is 2.33. The summed E-state index contributed by atoms with van der Waals surface area (Å²) in [6, 6.07) is 4.91. The van der Waals surface area contributed by atoms with Crippen molar-refractivity contribution in [2.75, 3.05) is 5.75 Å². The molecular weight excluding hydrogens is 371 g/mol. The zero-order valence-electron chi connectivity index (χ0n) is 13.1. The quantitative estimate of drug-likeness (QED) is 0.690. The second-order valence-electron chi connectivity index (χ2n) is 5.36. The molecule has 1 N–H and O–H groups in total. The van der Waals surface area contributed by atoms with E-state index in [0.717, 1.165) is 12.0 Å². The number of nitrogens with zero attached hydrogens (tertiary/aromatic N) is 2. The molecule has 0 radical (unpaired) electrons. The van der Waals surface area contributed by atoms with Crippen molar-refractivity contribution in [3.05, 3.63) is 52.5 Å². The lowest BCUT2D eigenvalue weighted by Crippen LogP contribution is -2.34. The number of benzene rings is 1.